The van der Waals surface area contributed by atoms with Gasteiger partial charge >= 0.3 is 0 Å². The summed E-state index contributed by atoms with van der Waals surface area (Å²) in [7, 11) is 0. The molecule has 3 N–H and O–H groups in total. The van der Waals surface area contributed by atoms with E-state index in [1.807, 2.05) is 20.8 Å². The monoisotopic (exact) mass is 289 g/mol. The first-order valence-corrected chi connectivity index (χ1v) is 7.70. The highest BCUT2D eigenvalue weighted by atomic mass is 16.2. The maximum Gasteiger partial charge on any atom is 0.237 e. The summed E-state index contributed by atoms with van der Waals surface area (Å²) in [5.74, 6) is -0.0556. The second-order valence-corrected chi connectivity index (χ2v) is 6.93. The first kappa shape index (κ1) is 16.0. The average Bonchev–Trinajstić information content (AvgIpc) is 2.45. The summed E-state index contributed by atoms with van der Waals surface area (Å²) in [6, 6.07) is 8.13. The molecule has 1 amide bonds. The fraction of sp³-hybridized carbons (Fsp3) is 0.588. The van der Waals surface area contributed by atoms with Gasteiger partial charge in [-0.3, -0.25) is 9.69 Å². The van der Waals surface area contributed by atoms with E-state index in [2.05, 4.69) is 34.5 Å². The molecule has 0 spiro atoms. The predicted octanol–water partition coefficient (Wildman–Crippen LogP) is 1.53. The lowest BCUT2D eigenvalue weighted by Gasteiger charge is -2.29. The van der Waals surface area contributed by atoms with E-state index in [9.17, 15) is 4.79 Å². The molecule has 1 aromatic carbocycles. The van der Waals surface area contributed by atoms with Crippen LogP contribution in [-0.4, -0.2) is 36.5 Å². The molecular weight excluding hydrogens is 262 g/mol. The Morgan fingerprint density at radius 1 is 1.33 bits per heavy atom. The van der Waals surface area contributed by atoms with E-state index in [-0.39, 0.29) is 11.3 Å². The Labute approximate surface area is 127 Å². The lowest BCUT2D eigenvalue weighted by Crippen LogP contribution is -2.50. The van der Waals surface area contributed by atoms with Crippen molar-refractivity contribution >= 4 is 5.91 Å². The molecule has 0 bridgehead atoms. The van der Waals surface area contributed by atoms with Gasteiger partial charge in [-0.2, -0.15) is 0 Å². The minimum Gasteiger partial charge on any atom is -0.353 e. The number of carbonyl (C=O) groups excluding carboxylic acids is 1. The topological polar surface area (TPSA) is 58.4 Å². The second-order valence-electron chi connectivity index (χ2n) is 6.93. The number of carbonyl (C=O) groups is 1. The molecule has 1 aliphatic rings. The van der Waals surface area contributed by atoms with E-state index in [1.165, 1.54) is 11.1 Å². The summed E-state index contributed by atoms with van der Waals surface area (Å²) in [5, 5.41) is 2.95. The molecule has 116 valence electrons. The molecule has 1 heterocycles. The lowest BCUT2D eigenvalue weighted by molar-refractivity contribution is -0.124. The summed E-state index contributed by atoms with van der Waals surface area (Å²) in [5.41, 5.74) is 8.61. The molecule has 0 radical (unpaired) electrons. The summed E-state index contributed by atoms with van der Waals surface area (Å²) < 4.78 is 0. The fourth-order valence-corrected chi connectivity index (χ4v) is 2.59. The smallest absolute Gasteiger partial charge is 0.237 e. The molecule has 0 saturated heterocycles. The fourth-order valence-electron chi connectivity index (χ4n) is 2.59. The van der Waals surface area contributed by atoms with Crippen LogP contribution in [0.5, 0.6) is 0 Å². The Kier molecular flexibility index (Phi) is 5.01. The number of amides is 1. The highest BCUT2D eigenvalue weighted by Gasteiger charge is 2.27. The molecule has 0 aromatic heterocycles. The maximum atomic E-state index is 12.0. The van der Waals surface area contributed by atoms with Crippen LogP contribution in [0.15, 0.2) is 24.3 Å². The van der Waals surface area contributed by atoms with Crippen LogP contribution in [0.25, 0.3) is 0 Å². The van der Waals surface area contributed by atoms with Crippen LogP contribution in [0.4, 0.5) is 0 Å². The third-order valence-electron chi connectivity index (χ3n) is 4.15. The van der Waals surface area contributed by atoms with E-state index in [0.717, 1.165) is 26.1 Å². The van der Waals surface area contributed by atoms with Crippen LogP contribution in [0.1, 0.15) is 31.9 Å². The number of nitrogens with one attached hydrogen (secondary N) is 1. The van der Waals surface area contributed by atoms with Crippen molar-refractivity contribution in [3.05, 3.63) is 35.4 Å². The molecule has 1 atom stereocenters. The molecule has 0 fully saturated rings. The molecule has 1 aromatic rings. The van der Waals surface area contributed by atoms with Gasteiger partial charge in [-0.15, -0.1) is 0 Å². The molecule has 0 unspecified atom stereocenters. The van der Waals surface area contributed by atoms with E-state index in [4.69, 9.17) is 5.73 Å². The van der Waals surface area contributed by atoms with E-state index in [0.29, 0.717) is 6.54 Å². The van der Waals surface area contributed by atoms with Crippen molar-refractivity contribution in [1.29, 1.82) is 0 Å². The standard InChI is InChI=1S/C17H27N3O/c1-17(2,3)15(18)16(21)19-9-11-20-10-8-13-6-4-5-7-14(13)12-20/h4-7,15H,8-12,18H2,1-3H3,(H,19,21)/t15-/m1/s1. The van der Waals surface area contributed by atoms with Gasteiger partial charge in [0.2, 0.25) is 5.91 Å². The number of hydrogen-bond donors (Lipinski definition) is 2. The second kappa shape index (κ2) is 6.58. The molecule has 2 rings (SSSR count). The third kappa shape index (κ3) is 4.29. The SMILES string of the molecule is CC(C)(C)[C@H](N)C(=O)NCCN1CCc2ccccc2C1. The van der Waals surface area contributed by atoms with Crippen LogP contribution in [0, 0.1) is 5.41 Å². The van der Waals surface area contributed by atoms with Gasteiger partial charge in [0.1, 0.15) is 0 Å². The zero-order valence-corrected chi connectivity index (χ0v) is 13.4. The highest BCUT2D eigenvalue weighted by molar-refractivity contribution is 5.82. The zero-order chi connectivity index (χ0) is 15.5. The van der Waals surface area contributed by atoms with Gasteiger partial charge in [-0.1, -0.05) is 45.0 Å². The number of fused-ring (bicyclic) bond motifs is 1. The van der Waals surface area contributed by atoms with Gasteiger partial charge in [0.15, 0.2) is 0 Å². The van der Waals surface area contributed by atoms with Crippen LogP contribution in [0.3, 0.4) is 0 Å². The molecule has 0 saturated carbocycles. The Hall–Kier alpha value is -1.39. The van der Waals surface area contributed by atoms with Crippen LogP contribution >= 0.6 is 0 Å². The summed E-state index contributed by atoms with van der Waals surface area (Å²) in [6.07, 6.45) is 1.09. The van der Waals surface area contributed by atoms with Gasteiger partial charge in [-0.05, 0) is 23.0 Å². The number of benzene rings is 1. The maximum absolute atomic E-state index is 12.0. The molecule has 0 aliphatic carbocycles. The summed E-state index contributed by atoms with van der Waals surface area (Å²) >= 11 is 0. The van der Waals surface area contributed by atoms with Gasteiger partial charge in [-0.25, -0.2) is 0 Å². The normalized spacial score (nSPS) is 17.1. The van der Waals surface area contributed by atoms with Crippen molar-refractivity contribution in [2.75, 3.05) is 19.6 Å². The number of nitrogens with zero attached hydrogens (tertiary/aromatic N) is 1. The van der Waals surface area contributed by atoms with E-state index < -0.39 is 6.04 Å². The van der Waals surface area contributed by atoms with Gasteiger partial charge in [0.05, 0.1) is 6.04 Å². The Morgan fingerprint density at radius 3 is 2.67 bits per heavy atom. The van der Waals surface area contributed by atoms with Crippen LogP contribution in [0.2, 0.25) is 0 Å². The number of hydrogen-bond acceptors (Lipinski definition) is 3. The molecule has 1 aliphatic heterocycles. The number of nitrogens with two attached hydrogens (primary N) is 1. The Bertz CT molecular complexity index is 493. The van der Waals surface area contributed by atoms with Gasteiger partial charge in [0, 0.05) is 26.2 Å². The predicted molar refractivity (Wildman–Crippen MR) is 85.9 cm³/mol. The van der Waals surface area contributed by atoms with Crippen molar-refractivity contribution in [3.63, 3.8) is 0 Å². The Morgan fingerprint density at radius 2 is 2.00 bits per heavy atom. The first-order chi connectivity index (χ1) is 9.88. The van der Waals surface area contributed by atoms with Crippen LogP contribution in [-0.2, 0) is 17.8 Å². The van der Waals surface area contributed by atoms with Gasteiger partial charge in [0.25, 0.3) is 0 Å². The minimum absolute atomic E-state index is 0.0556. The van der Waals surface area contributed by atoms with E-state index >= 15 is 0 Å². The van der Waals surface area contributed by atoms with Gasteiger partial charge < -0.3 is 11.1 Å². The van der Waals surface area contributed by atoms with Crippen molar-refractivity contribution in [3.8, 4) is 0 Å². The van der Waals surface area contributed by atoms with Crippen molar-refractivity contribution in [2.45, 2.75) is 39.8 Å². The van der Waals surface area contributed by atoms with Crippen molar-refractivity contribution in [1.82, 2.24) is 10.2 Å². The van der Waals surface area contributed by atoms with Crippen molar-refractivity contribution in [2.24, 2.45) is 11.1 Å². The highest BCUT2D eigenvalue weighted by Crippen LogP contribution is 2.18. The third-order valence-corrected chi connectivity index (χ3v) is 4.15. The number of rotatable bonds is 4. The summed E-state index contributed by atoms with van der Waals surface area (Å²) in [6.45, 7) is 9.51. The zero-order valence-electron chi connectivity index (χ0n) is 13.4. The quantitative estimate of drug-likeness (QED) is 0.884. The minimum atomic E-state index is -0.459. The van der Waals surface area contributed by atoms with E-state index in [1.54, 1.807) is 0 Å². The first-order valence-electron chi connectivity index (χ1n) is 7.70. The average molecular weight is 289 g/mol. The van der Waals surface area contributed by atoms with Crippen LogP contribution < -0.4 is 11.1 Å². The summed E-state index contributed by atoms with van der Waals surface area (Å²) in [4.78, 5) is 14.4. The van der Waals surface area contributed by atoms with Crippen molar-refractivity contribution < 1.29 is 4.79 Å². The molecule has 21 heavy (non-hydrogen) atoms. The largest absolute Gasteiger partial charge is 0.353 e. The molecular formula is C17H27N3O. The Balaban J connectivity index is 1.77. The lowest BCUT2D eigenvalue weighted by atomic mass is 9.87. The molecule has 4 nitrogen and oxygen atoms in total. The molecule has 4 heteroatoms.